The first-order valence-corrected chi connectivity index (χ1v) is 19.7. The van der Waals surface area contributed by atoms with Crippen molar-refractivity contribution in [2.45, 2.75) is 50.6 Å². The predicted molar refractivity (Wildman–Crippen MR) is 223 cm³/mol. The zero-order chi connectivity index (χ0) is 41.0. The number of pyridine rings is 1. The van der Waals surface area contributed by atoms with Crippen LogP contribution in [0, 0.1) is 0 Å². The molecule has 2 aliphatic heterocycles. The van der Waals surface area contributed by atoms with Crippen molar-refractivity contribution in [2.24, 2.45) is 0 Å². The minimum Gasteiger partial charge on any atom is -0.489 e. The number of hydrogen-bond acceptors (Lipinski definition) is 7. The quantitative estimate of drug-likeness (QED) is 0.133. The molecule has 0 aliphatic carbocycles. The van der Waals surface area contributed by atoms with Gasteiger partial charge in [-0.3, -0.25) is 19.4 Å². The second-order valence-electron chi connectivity index (χ2n) is 14.5. The van der Waals surface area contributed by atoms with E-state index in [1.165, 1.54) is 4.90 Å². The Kier molecular flexibility index (Phi) is 11.4. The fraction of sp³-hybridized carbons (Fsp3) is 0.170. The second kappa shape index (κ2) is 17.2. The number of aromatic nitrogens is 1. The van der Waals surface area contributed by atoms with Gasteiger partial charge in [0, 0.05) is 54.9 Å². The molecule has 5 aromatic carbocycles. The molecule has 10 nitrogen and oxygen atoms in total. The van der Waals surface area contributed by atoms with Gasteiger partial charge in [0.05, 0.1) is 10.0 Å². The maximum absolute atomic E-state index is 14.1. The summed E-state index contributed by atoms with van der Waals surface area (Å²) in [6.45, 7) is 0.345. The molecule has 0 fully saturated rings. The molecular weight excluding hydrogens is 789 g/mol. The van der Waals surface area contributed by atoms with E-state index in [4.69, 9.17) is 32.7 Å². The highest BCUT2D eigenvalue weighted by molar-refractivity contribution is 6.42. The SMILES string of the molecule is O=C1Cc2cc3c(cc2OC1c1ccc(OCc2ccc(Cl)c(Cl)c2)cc1)CN(C(=O)c1ccccc1)[C@H](C(=O)N[C@@H](Cc1ccc(-c2ccncc2)cc1)C(=O)O)C3. The smallest absolute Gasteiger partial charge is 0.326 e. The topological polar surface area (TPSA) is 135 Å². The number of carboxylic acid groups (broad SMARTS) is 1. The number of Topliss-reactive ketones (excluding diaryl/α,β-unsaturated/α-hetero) is 1. The summed E-state index contributed by atoms with van der Waals surface area (Å²) in [5.74, 6) is -1.17. The number of nitrogens with one attached hydrogen (secondary N) is 1. The molecule has 0 bridgehead atoms. The van der Waals surface area contributed by atoms with Gasteiger partial charge in [0.25, 0.3) is 5.91 Å². The minimum atomic E-state index is -1.25. The first-order valence-electron chi connectivity index (χ1n) is 19.0. The Labute approximate surface area is 350 Å². The highest BCUT2D eigenvalue weighted by Crippen LogP contribution is 2.38. The summed E-state index contributed by atoms with van der Waals surface area (Å²) in [7, 11) is 0. The second-order valence-corrected chi connectivity index (χ2v) is 15.3. The van der Waals surface area contributed by atoms with Crippen LogP contribution in [-0.2, 0) is 46.8 Å². The summed E-state index contributed by atoms with van der Waals surface area (Å²) in [6, 6.07) is 33.8. The molecule has 12 heteroatoms. The van der Waals surface area contributed by atoms with Crippen molar-refractivity contribution in [2.75, 3.05) is 0 Å². The highest BCUT2D eigenvalue weighted by Gasteiger charge is 2.39. The molecular formula is C47H37Cl2N3O7. The zero-order valence-electron chi connectivity index (χ0n) is 31.5. The van der Waals surface area contributed by atoms with Crippen molar-refractivity contribution < 1.29 is 33.8 Å². The Bertz CT molecular complexity index is 2530. The number of benzene rings is 5. The van der Waals surface area contributed by atoms with Crippen LogP contribution in [0.4, 0.5) is 0 Å². The van der Waals surface area contributed by atoms with E-state index in [1.54, 1.807) is 79.1 Å². The van der Waals surface area contributed by atoms with E-state index < -0.39 is 30.1 Å². The lowest BCUT2D eigenvalue weighted by Crippen LogP contribution is -2.56. The third-order valence-electron chi connectivity index (χ3n) is 10.6. The number of nitrogens with zero attached hydrogens (tertiary/aromatic N) is 2. The first-order chi connectivity index (χ1) is 28.6. The maximum Gasteiger partial charge on any atom is 0.326 e. The monoisotopic (exact) mass is 825 g/mol. The largest absolute Gasteiger partial charge is 0.489 e. The van der Waals surface area contributed by atoms with Crippen LogP contribution in [0.25, 0.3) is 11.1 Å². The van der Waals surface area contributed by atoms with Gasteiger partial charge in [-0.2, -0.15) is 0 Å². The van der Waals surface area contributed by atoms with Gasteiger partial charge in [0.2, 0.25) is 5.91 Å². The Balaban J connectivity index is 0.997. The van der Waals surface area contributed by atoms with E-state index in [2.05, 4.69) is 10.3 Å². The molecule has 2 amide bonds. The molecule has 1 unspecified atom stereocenters. The van der Waals surface area contributed by atoms with Crippen molar-refractivity contribution in [3.8, 4) is 22.6 Å². The van der Waals surface area contributed by atoms with Gasteiger partial charge in [-0.05, 0) is 88.0 Å². The van der Waals surface area contributed by atoms with Crippen LogP contribution < -0.4 is 14.8 Å². The van der Waals surface area contributed by atoms with E-state index >= 15 is 0 Å². The molecule has 3 atom stereocenters. The number of fused-ring (bicyclic) bond motifs is 2. The standard InChI is InChI=1S/C47H37Cl2N3O7/c48-38-15-8-29(20-39(38)49)27-58-37-13-11-32(12-14-37)44-42(53)24-35-22-34-23-41(52(26-36(34)25-43(35)59-44)46(55)33-4-2-1-3-5-33)45(54)51-40(47(56)57)21-28-6-9-30(10-7-28)31-16-18-50-19-17-31/h1-20,22,25,40-41,44H,21,23-24,26-27H2,(H,51,54)(H,56,57)/t40-,41-,44?/m0/s1. The predicted octanol–water partition coefficient (Wildman–Crippen LogP) is 8.26. The molecule has 0 saturated heterocycles. The summed E-state index contributed by atoms with van der Waals surface area (Å²) < 4.78 is 12.3. The van der Waals surface area contributed by atoms with Crippen molar-refractivity contribution in [3.05, 3.63) is 183 Å². The van der Waals surface area contributed by atoms with Gasteiger partial charge < -0.3 is 24.8 Å². The molecule has 2 aliphatic rings. The molecule has 0 spiro atoms. The van der Waals surface area contributed by atoms with Crippen molar-refractivity contribution >= 4 is 46.8 Å². The van der Waals surface area contributed by atoms with Gasteiger partial charge >= 0.3 is 5.97 Å². The normalized spacial score (nSPS) is 16.2. The van der Waals surface area contributed by atoms with Crippen molar-refractivity contribution in [1.29, 1.82) is 0 Å². The molecule has 296 valence electrons. The summed E-state index contributed by atoms with van der Waals surface area (Å²) in [5, 5.41) is 13.9. The maximum atomic E-state index is 14.1. The lowest BCUT2D eigenvalue weighted by Gasteiger charge is -2.37. The number of aliphatic carboxylic acids is 1. The van der Waals surface area contributed by atoms with Crippen LogP contribution in [0.1, 0.15) is 49.8 Å². The summed E-state index contributed by atoms with van der Waals surface area (Å²) in [6.07, 6.45) is 2.81. The summed E-state index contributed by atoms with van der Waals surface area (Å²) in [4.78, 5) is 59.8. The van der Waals surface area contributed by atoms with Gasteiger partial charge in [-0.1, -0.05) is 89.9 Å². The molecule has 2 N–H and O–H groups in total. The average molecular weight is 827 g/mol. The number of amides is 2. The third-order valence-corrected chi connectivity index (χ3v) is 11.3. The van der Waals surface area contributed by atoms with E-state index in [1.807, 2.05) is 54.6 Å². The number of rotatable bonds is 11. The lowest BCUT2D eigenvalue weighted by molar-refractivity contribution is -0.142. The third kappa shape index (κ3) is 8.84. The molecule has 3 heterocycles. The van der Waals surface area contributed by atoms with E-state index in [0.717, 1.165) is 33.4 Å². The van der Waals surface area contributed by atoms with E-state index in [0.29, 0.717) is 38.2 Å². The Morgan fingerprint density at radius 3 is 2.24 bits per heavy atom. The first kappa shape index (κ1) is 39.3. The molecule has 0 saturated carbocycles. The fourth-order valence-electron chi connectivity index (χ4n) is 7.45. The molecule has 6 aromatic rings. The van der Waals surface area contributed by atoms with Crippen LogP contribution in [0.5, 0.6) is 11.5 Å². The number of carbonyl (C=O) groups excluding carboxylic acids is 3. The number of carboxylic acids is 1. The Hall–Kier alpha value is -6.49. The number of halogens is 2. The van der Waals surface area contributed by atoms with E-state index in [-0.39, 0.29) is 44.1 Å². The van der Waals surface area contributed by atoms with Gasteiger partial charge in [0.1, 0.15) is 30.2 Å². The number of ketones is 1. The van der Waals surface area contributed by atoms with Crippen LogP contribution in [-0.4, -0.2) is 50.6 Å². The molecule has 59 heavy (non-hydrogen) atoms. The molecule has 0 radical (unpaired) electrons. The molecule has 1 aromatic heterocycles. The van der Waals surface area contributed by atoms with Crippen molar-refractivity contribution in [1.82, 2.24) is 15.2 Å². The summed E-state index contributed by atoms with van der Waals surface area (Å²) in [5.41, 5.74) is 6.77. The number of carbonyl (C=O) groups is 4. The fourth-order valence-corrected chi connectivity index (χ4v) is 7.77. The zero-order valence-corrected chi connectivity index (χ0v) is 33.0. The van der Waals surface area contributed by atoms with Crippen LogP contribution in [0.2, 0.25) is 10.0 Å². The lowest BCUT2D eigenvalue weighted by atomic mass is 9.87. The Morgan fingerprint density at radius 2 is 1.53 bits per heavy atom. The van der Waals surface area contributed by atoms with Gasteiger partial charge in [-0.25, -0.2) is 4.79 Å². The highest BCUT2D eigenvalue weighted by atomic mass is 35.5. The average Bonchev–Trinajstić information content (AvgIpc) is 3.26. The van der Waals surface area contributed by atoms with Crippen LogP contribution in [0.3, 0.4) is 0 Å². The van der Waals surface area contributed by atoms with Gasteiger partial charge in [0.15, 0.2) is 11.9 Å². The van der Waals surface area contributed by atoms with Crippen LogP contribution in [0.15, 0.2) is 134 Å². The Morgan fingerprint density at radius 1 is 0.814 bits per heavy atom. The number of ether oxygens (including phenoxy) is 2. The van der Waals surface area contributed by atoms with E-state index in [9.17, 15) is 24.3 Å². The molecule has 8 rings (SSSR count). The summed E-state index contributed by atoms with van der Waals surface area (Å²) >= 11 is 12.2. The van der Waals surface area contributed by atoms with Gasteiger partial charge in [-0.15, -0.1) is 0 Å². The number of hydrogen-bond donors (Lipinski definition) is 2. The van der Waals surface area contributed by atoms with Crippen molar-refractivity contribution in [3.63, 3.8) is 0 Å². The van der Waals surface area contributed by atoms with Crippen LogP contribution >= 0.6 is 23.2 Å². The minimum absolute atomic E-state index is 0.0379.